The van der Waals surface area contributed by atoms with Crippen LogP contribution in [0, 0.1) is 5.92 Å². The minimum absolute atomic E-state index is 0.0349. The molecule has 3 N–H and O–H groups in total. The molecule has 1 saturated carbocycles. The minimum atomic E-state index is -0.968. The fourth-order valence-electron chi connectivity index (χ4n) is 7.74. The van der Waals surface area contributed by atoms with Gasteiger partial charge in [-0.1, -0.05) is 12.1 Å². The summed E-state index contributed by atoms with van der Waals surface area (Å²) in [6.07, 6.45) is 4.40. The lowest BCUT2D eigenvalue weighted by Gasteiger charge is -2.62. The summed E-state index contributed by atoms with van der Waals surface area (Å²) in [4.78, 5) is 10.3. The largest absolute Gasteiger partial charge is 0.504 e. The summed E-state index contributed by atoms with van der Waals surface area (Å²) < 4.78 is 6.62. The van der Waals surface area contributed by atoms with Crippen molar-refractivity contribution in [2.75, 3.05) is 13.1 Å². The van der Waals surface area contributed by atoms with E-state index in [2.05, 4.69) is 26.1 Å². The van der Waals surface area contributed by atoms with Gasteiger partial charge in [0.25, 0.3) is 0 Å². The van der Waals surface area contributed by atoms with Crippen molar-refractivity contribution < 1.29 is 14.9 Å². The number of isothiocyanates is 1. The number of hydrogen-bond acceptors (Lipinski definition) is 6. The number of nitrogens with one attached hydrogen (secondary N) is 1. The topological polar surface area (TPSA) is 81.1 Å². The first-order valence-corrected chi connectivity index (χ1v) is 12.6. The van der Waals surface area contributed by atoms with Crippen LogP contribution in [0.1, 0.15) is 47.8 Å². The molecule has 172 valence electrons. The van der Waals surface area contributed by atoms with E-state index in [1.54, 1.807) is 6.07 Å². The van der Waals surface area contributed by atoms with Crippen molar-refractivity contribution >= 4 is 34.0 Å². The molecule has 2 fully saturated rings. The summed E-state index contributed by atoms with van der Waals surface area (Å²) >= 11 is 4.80. The average Bonchev–Trinajstić information content (AvgIpc) is 3.46. The molecular weight excluding hydrogens is 446 g/mol. The standard InChI is InChI=1S/C27H25N3O3S/c31-20-6-3-15-9-21-27(32)11-18-17-5-4-16(28-13-34)10-19(17)29-23(18)25-26(27,22(15)24(20)33-25)7-8-30(21)12-14-1-2-14/h3-6,10,14,21,25,29,31-32H,1-2,7-9,11-12H2. The van der Waals surface area contributed by atoms with Crippen molar-refractivity contribution in [1.29, 1.82) is 0 Å². The van der Waals surface area contributed by atoms with Crippen molar-refractivity contribution in [3.8, 4) is 11.5 Å². The van der Waals surface area contributed by atoms with Crippen LogP contribution in [0.4, 0.5) is 5.69 Å². The Hall–Kier alpha value is -2.70. The van der Waals surface area contributed by atoms with Gasteiger partial charge in [0.15, 0.2) is 17.6 Å². The van der Waals surface area contributed by atoms with E-state index in [1.165, 1.54) is 18.4 Å². The minimum Gasteiger partial charge on any atom is -0.504 e. The smallest absolute Gasteiger partial charge is 0.166 e. The van der Waals surface area contributed by atoms with Crippen LogP contribution < -0.4 is 4.74 Å². The van der Waals surface area contributed by atoms with Gasteiger partial charge in [0.1, 0.15) is 0 Å². The Morgan fingerprint density at radius 3 is 2.97 bits per heavy atom. The lowest BCUT2D eigenvalue weighted by molar-refractivity contribution is -0.173. The molecule has 8 rings (SSSR count). The number of aromatic nitrogens is 1. The zero-order chi connectivity index (χ0) is 22.8. The van der Waals surface area contributed by atoms with Crippen molar-refractivity contribution in [1.82, 2.24) is 9.88 Å². The van der Waals surface area contributed by atoms with Crippen LogP contribution in [-0.4, -0.2) is 50.0 Å². The van der Waals surface area contributed by atoms with Gasteiger partial charge in [-0.15, -0.1) is 0 Å². The summed E-state index contributed by atoms with van der Waals surface area (Å²) in [6.45, 7) is 2.01. The molecule has 0 amide bonds. The van der Waals surface area contributed by atoms with Gasteiger partial charge in [-0.2, -0.15) is 4.99 Å². The van der Waals surface area contributed by atoms with E-state index in [0.717, 1.165) is 65.3 Å². The fraction of sp³-hybridized carbons (Fsp3) is 0.444. The maximum atomic E-state index is 12.8. The van der Waals surface area contributed by atoms with Gasteiger partial charge in [-0.25, -0.2) is 0 Å². The number of likely N-dealkylation sites (tertiary alicyclic amines) is 1. The highest BCUT2D eigenvalue weighted by atomic mass is 32.1. The summed E-state index contributed by atoms with van der Waals surface area (Å²) in [5.41, 5.74) is 4.56. The van der Waals surface area contributed by atoms with Gasteiger partial charge in [-0.05, 0) is 79.7 Å². The highest BCUT2D eigenvalue weighted by Gasteiger charge is 2.72. The van der Waals surface area contributed by atoms with Crippen LogP contribution in [0.5, 0.6) is 11.5 Å². The number of aromatic amines is 1. The van der Waals surface area contributed by atoms with Gasteiger partial charge in [-0.3, -0.25) is 4.90 Å². The number of aromatic hydroxyl groups is 1. The number of H-pyrrole nitrogens is 1. The second-order valence-electron chi connectivity index (χ2n) is 10.9. The molecule has 2 aliphatic heterocycles. The summed E-state index contributed by atoms with van der Waals surface area (Å²) in [5.74, 6) is 1.49. The normalized spacial score (nSPS) is 32.6. The number of hydrogen-bond donors (Lipinski definition) is 3. The molecular formula is C27H25N3O3S. The predicted octanol–water partition coefficient (Wildman–Crippen LogP) is 4.31. The third-order valence-corrected chi connectivity index (χ3v) is 9.41. The van der Waals surface area contributed by atoms with Crippen LogP contribution in [0.25, 0.3) is 10.9 Å². The van der Waals surface area contributed by atoms with Gasteiger partial charge >= 0.3 is 0 Å². The Balaban J connectivity index is 1.39. The molecule has 1 saturated heterocycles. The molecule has 4 unspecified atom stereocenters. The molecule has 5 aliphatic rings. The lowest BCUT2D eigenvalue weighted by Crippen LogP contribution is -2.74. The molecule has 0 radical (unpaired) electrons. The zero-order valence-corrected chi connectivity index (χ0v) is 19.5. The monoisotopic (exact) mass is 471 g/mol. The molecule has 6 nitrogen and oxygen atoms in total. The Kier molecular flexibility index (Phi) is 3.63. The Labute approximate surface area is 202 Å². The first kappa shape index (κ1) is 19.6. The molecule has 34 heavy (non-hydrogen) atoms. The summed E-state index contributed by atoms with van der Waals surface area (Å²) in [5, 5.41) is 27.1. The summed E-state index contributed by atoms with van der Waals surface area (Å²) in [6, 6.07) is 9.82. The second kappa shape index (κ2) is 6.29. The van der Waals surface area contributed by atoms with Gasteiger partial charge < -0.3 is 19.9 Å². The Bertz CT molecular complexity index is 1460. The first-order chi connectivity index (χ1) is 16.5. The molecule has 4 atom stereocenters. The van der Waals surface area contributed by atoms with Crippen molar-refractivity contribution in [2.45, 2.75) is 55.3 Å². The number of piperidine rings is 1. The van der Waals surface area contributed by atoms with E-state index >= 15 is 0 Å². The number of rotatable bonds is 3. The molecule has 3 heterocycles. The van der Waals surface area contributed by atoms with Gasteiger partial charge in [0.2, 0.25) is 0 Å². The molecule has 3 aromatic rings. The lowest BCUT2D eigenvalue weighted by atomic mass is 9.49. The quantitative estimate of drug-likeness (QED) is 0.392. The van der Waals surface area contributed by atoms with Gasteiger partial charge in [0.05, 0.1) is 27.6 Å². The van der Waals surface area contributed by atoms with E-state index in [1.807, 2.05) is 18.2 Å². The number of ether oxygens (including phenoxy) is 1. The number of phenols is 1. The highest BCUT2D eigenvalue weighted by molar-refractivity contribution is 7.78. The van der Waals surface area contributed by atoms with Crippen LogP contribution >= 0.6 is 12.2 Å². The molecule has 7 heteroatoms. The number of fused-ring (bicyclic) bond motifs is 4. The van der Waals surface area contributed by atoms with Crippen LogP contribution in [0.15, 0.2) is 35.3 Å². The van der Waals surface area contributed by atoms with Crippen molar-refractivity contribution in [3.05, 3.63) is 52.7 Å². The van der Waals surface area contributed by atoms with Crippen LogP contribution in [-0.2, 0) is 18.3 Å². The average molecular weight is 472 g/mol. The van der Waals surface area contributed by atoms with E-state index in [9.17, 15) is 10.2 Å². The van der Waals surface area contributed by atoms with E-state index in [4.69, 9.17) is 17.0 Å². The maximum absolute atomic E-state index is 12.8. The number of nitrogens with zero attached hydrogens (tertiary/aromatic N) is 2. The van der Waals surface area contributed by atoms with Crippen molar-refractivity contribution in [2.24, 2.45) is 10.9 Å². The number of thiocarbonyl (C=S) groups is 1. The number of phenolic OH excluding ortho intramolecular Hbond substituents is 1. The predicted molar refractivity (Wildman–Crippen MR) is 131 cm³/mol. The van der Waals surface area contributed by atoms with E-state index in [0.29, 0.717) is 12.2 Å². The maximum Gasteiger partial charge on any atom is 0.166 e. The summed E-state index contributed by atoms with van der Waals surface area (Å²) in [7, 11) is 0. The SMILES string of the molecule is Oc1ccc2c3c1OC1c4[nH]c5cc(N=C=S)ccc5c4CC4(O)C(C2)N(CC2CC2)CCC314. The van der Waals surface area contributed by atoms with Crippen molar-refractivity contribution in [3.63, 3.8) is 0 Å². The molecule has 2 bridgehead atoms. The number of aliphatic imine (C=N–C) groups is 1. The highest BCUT2D eigenvalue weighted by Crippen LogP contribution is 2.69. The number of aliphatic hydroxyl groups is 1. The second-order valence-corrected chi connectivity index (χ2v) is 11.1. The van der Waals surface area contributed by atoms with E-state index < -0.39 is 11.0 Å². The molecule has 1 spiro atoms. The van der Waals surface area contributed by atoms with Crippen LogP contribution in [0.3, 0.4) is 0 Å². The Morgan fingerprint density at radius 1 is 1.26 bits per heavy atom. The third-order valence-electron chi connectivity index (χ3n) is 9.32. The molecule has 2 aromatic carbocycles. The van der Waals surface area contributed by atoms with Crippen LogP contribution in [0.2, 0.25) is 0 Å². The number of benzene rings is 2. The van der Waals surface area contributed by atoms with Gasteiger partial charge in [0, 0.05) is 35.5 Å². The molecule has 1 aromatic heterocycles. The third kappa shape index (κ3) is 2.20. The first-order valence-electron chi connectivity index (χ1n) is 12.2. The fourth-order valence-corrected chi connectivity index (χ4v) is 7.85. The van der Waals surface area contributed by atoms with E-state index in [-0.39, 0.29) is 17.9 Å². The molecule has 3 aliphatic carbocycles. The Morgan fingerprint density at radius 2 is 2.15 bits per heavy atom. The zero-order valence-electron chi connectivity index (χ0n) is 18.7.